The molecular weight excluding hydrogens is 336 g/mol. The number of rotatable bonds is 5. The summed E-state index contributed by atoms with van der Waals surface area (Å²) < 4.78 is 5.29. The molecule has 0 saturated carbocycles. The summed E-state index contributed by atoms with van der Waals surface area (Å²) >= 11 is 0. The lowest BCUT2D eigenvalue weighted by molar-refractivity contribution is -0.148. The van der Waals surface area contributed by atoms with Crippen molar-refractivity contribution < 1.29 is 9.53 Å². The molecular formula is C23H24N2O2. The van der Waals surface area contributed by atoms with E-state index in [9.17, 15) is 4.79 Å². The zero-order valence-corrected chi connectivity index (χ0v) is 15.9. The maximum Gasteiger partial charge on any atom is 0.331 e. The second-order valence-corrected chi connectivity index (χ2v) is 7.40. The largest absolute Gasteiger partial charge is 0.457 e. The van der Waals surface area contributed by atoms with Crippen LogP contribution in [0.2, 0.25) is 0 Å². The average molecular weight is 360 g/mol. The summed E-state index contributed by atoms with van der Waals surface area (Å²) in [5.74, 6) is 0.563. The minimum atomic E-state index is -0.487. The number of hydrogen-bond acceptors (Lipinski definition) is 3. The number of imidazole rings is 1. The molecule has 0 aliphatic rings. The van der Waals surface area contributed by atoms with Gasteiger partial charge >= 0.3 is 5.97 Å². The molecule has 0 bridgehead atoms. The quantitative estimate of drug-likeness (QED) is 0.513. The van der Waals surface area contributed by atoms with E-state index in [1.165, 1.54) is 6.08 Å². The highest BCUT2D eigenvalue weighted by Crippen LogP contribution is 2.18. The minimum absolute atomic E-state index is 0.341. The third-order valence-corrected chi connectivity index (χ3v) is 3.85. The Balaban J connectivity index is 1.68. The third kappa shape index (κ3) is 5.68. The van der Waals surface area contributed by atoms with E-state index in [0.717, 1.165) is 28.2 Å². The van der Waals surface area contributed by atoms with Gasteiger partial charge < -0.3 is 9.72 Å². The normalized spacial score (nSPS) is 11.7. The van der Waals surface area contributed by atoms with Gasteiger partial charge in [-0.1, -0.05) is 54.6 Å². The van der Waals surface area contributed by atoms with E-state index in [1.54, 1.807) is 6.08 Å². The number of hydrogen-bond donors (Lipinski definition) is 1. The van der Waals surface area contributed by atoms with Crippen LogP contribution in [0.25, 0.3) is 17.3 Å². The van der Waals surface area contributed by atoms with E-state index in [4.69, 9.17) is 4.74 Å². The fourth-order valence-electron chi connectivity index (χ4n) is 2.72. The molecule has 0 radical (unpaired) electrons. The van der Waals surface area contributed by atoms with Crippen LogP contribution in [-0.4, -0.2) is 21.5 Å². The maximum atomic E-state index is 11.8. The van der Waals surface area contributed by atoms with Crippen LogP contribution in [0.3, 0.4) is 0 Å². The van der Waals surface area contributed by atoms with E-state index >= 15 is 0 Å². The van der Waals surface area contributed by atoms with Crippen molar-refractivity contribution in [3.05, 3.63) is 83.8 Å². The van der Waals surface area contributed by atoms with Gasteiger partial charge in [0.05, 0.1) is 11.9 Å². The van der Waals surface area contributed by atoms with Crippen LogP contribution >= 0.6 is 0 Å². The summed E-state index contributed by atoms with van der Waals surface area (Å²) in [6, 6.07) is 18.2. The molecule has 4 nitrogen and oxygen atoms in total. The lowest BCUT2D eigenvalue weighted by Gasteiger charge is -2.17. The smallest absolute Gasteiger partial charge is 0.331 e. The van der Waals surface area contributed by atoms with Gasteiger partial charge in [0, 0.05) is 12.5 Å². The van der Waals surface area contributed by atoms with Crippen LogP contribution in [0.1, 0.15) is 37.7 Å². The molecule has 27 heavy (non-hydrogen) atoms. The summed E-state index contributed by atoms with van der Waals surface area (Å²) in [6.07, 6.45) is 5.79. The van der Waals surface area contributed by atoms with Gasteiger partial charge in [0.2, 0.25) is 0 Å². The number of carbonyl (C=O) groups excluding carboxylic acids is 1. The van der Waals surface area contributed by atoms with Crippen LogP contribution < -0.4 is 0 Å². The molecule has 0 fully saturated rings. The second-order valence-electron chi connectivity index (χ2n) is 7.40. The molecule has 3 aromatic rings. The molecule has 0 saturated heterocycles. The van der Waals surface area contributed by atoms with E-state index in [-0.39, 0.29) is 5.97 Å². The Morgan fingerprint density at radius 1 is 1.11 bits per heavy atom. The molecule has 2 aromatic carbocycles. The first-order valence-corrected chi connectivity index (χ1v) is 8.98. The van der Waals surface area contributed by atoms with Gasteiger partial charge in [-0.15, -0.1) is 0 Å². The van der Waals surface area contributed by atoms with Crippen LogP contribution in [-0.2, 0) is 16.0 Å². The Morgan fingerprint density at radius 2 is 1.89 bits per heavy atom. The van der Waals surface area contributed by atoms with Crippen molar-refractivity contribution in [2.24, 2.45) is 0 Å². The summed E-state index contributed by atoms with van der Waals surface area (Å²) in [7, 11) is 0. The second kappa shape index (κ2) is 8.04. The number of ether oxygens (including phenoxy) is 1. The van der Waals surface area contributed by atoms with Crippen LogP contribution in [0, 0.1) is 0 Å². The van der Waals surface area contributed by atoms with Gasteiger partial charge in [-0.2, -0.15) is 0 Å². The SMILES string of the molecule is CC(C)(C)OC(=O)C=Cc1cccc(Cc2ncc(-c3ccccc3)[nH]2)c1. The topological polar surface area (TPSA) is 55.0 Å². The minimum Gasteiger partial charge on any atom is -0.457 e. The molecule has 1 heterocycles. The molecule has 0 amide bonds. The highest BCUT2D eigenvalue weighted by Gasteiger charge is 2.13. The van der Waals surface area contributed by atoms with E-state index in [0.29, 0.717) is 6.42 Å². The van der Waals surface area contributed by atoms with E-state index in [1.807, 2.05) is 63.4 Å². The highest BCUT2D eigenvalue weighted by molar-refractivity contribution is 5.87. The number of carbonyl (C=O) groups is 1. The van der Waals surface area contributed by atoms with Crippen LogP contribution in [0.5, 0.6) is 0 Å². The first-order chi connectivity index (χ1) is 12.9. The Kier molecular flexibility index (Phi) is 5.55. The van der Waals surface area contributed by atoms with Crippen molar-refractivity contribution >= 4 is 12.0 Å². The van der Waals surface area contributed by atoms with Crippen molar-refractivity contribution in [3.63, 3.8) is 0 Å². The number of esters is 1. The van der Waals surface area contributed by atoms with E-state index < -0.39 is 5.60 Å². The third-order valence-electron chi connectivity index (χ3n) is 3.85. The van der Waals surface area contributed by atoms with Gasteiger partial charge in [-0.3, -0.25) is 0 Å². The molecule has 1 aromatic heterocycles. The van der Waals surface area contributed by atoms with Crippen molar-refractivity contribution in [1.29, 1.82) is 0 Å². The van der Waals surface area contributed by atoms with Crippen LogP contribution in [0.15, 0.2) is 66.9 Å². The van der Waals surface area contributed by atoms with E-state index in [2.05, 4.69) is 28.2 Å². The number of nitrogens with one attached hydrogen (secondary N) is 1. The van der Waals surface area contributed by atoms with Gasteiger partial charge in [0.1, 0.15) is 11.4 Å². The van der Waals surface area contributed by atoms with Crippen LogP contribution in [0.4, 0.5) is 0 Å². The zero-order chi connectivity index (χ0) is 19.3. The zero-order valence-electron chi connectivity index (χ0n) is 15.9. The Labute approximate surface area is 159 Å². The molecule has 0 atom stereocenters. The average Bonchev–Trinajstić information content (AvgIpc) is 3.08. The molecule has 0 aliphatic heterocycles. The molecule has 0 spiro atoms. The number of aromatic nitrogens is 2. The van der Waals surface area contributed by atoms with Gasteiger partial charge in [-0.05, 0) is 43.5 Å². The predicted molar refractivity (Wildman–Crippen MR) is 108 cm³/mol. The first kappa shape index (κ1) is 18.6. The summed E-state index contributed by atoms with van der Waals surface area (Å²) in [5.41, 5.74) is 3.71. The Hall–Kier alpha value is -3.14. The fourth-order valence-corrected chi connectivity index (χ4v) is 2.72. The van der Waals surface area contributed by atoms with Crippen molar-refractivity contribution in [1.82, 2.24) is 9.97 Å². The standard InChI is InChI=1S/C23H24N2O2/c1-23(2,3)27-22(26)13-12-17-8-7-9-18(14-17)15-21-24-16-20(25-21)19-10-5-4-6-11-19/h4-14,16H,15H2,1-3H3,(H,24,25). The lowest BCUT2D eigenvalue weighted by Crippen LogP contribution is -2.22. The number of benzene rings is 2. The number of nitrogens with zero attached hydrogens (tertiary/aromatic N) is 1. The lowest BCUT2D eigenvalue weighted by atomic mass is 10.1. The molecule has 0 unspecified atom stereocenters. The molecule has 138 valence electrons. The maximum absolute atomic E-state index is 11.8. The van der Waals surface area contributed by atoms with Gasteiger partial charge in [0.25, 0.3) is 0 Å². The van der Waals surface area contributed by atoms with Gasteiger partial charge in [-0.25, -0.2) is 9.78 Å². The molecule has 4 heteroatoms. The summed E-state index contributed by atoms with van der Waals surface area (Å²) in [4.78, 5) is 19.7. The molecule has 1 N–H and O–H groups in total. The highest BCUT2D eigenvalue weighted by atomic mass is 16.6. The number of aromatic amines is 1. The first-order valence-electron chi connectivity index (χ1n) is 8.98. The monoisotopic (exact) mass is 360 g/mol. The fraction of sp³-hybridized carbons (Fsp3) is 0.217. The predicted octanol–water partition coefficient (Wildman–Crippen LogP) is 5.02. The van der Waals surface area contributed by atoms with Crippen molar-refractivity contribution in [3.8, 4) is 11.3 Å². The van der Waals surface area contributed by atoms with Crippen molar-refractivity contribution in [2.45, 2.75) is 32.8 Å². The summed E-state index contributed by atoms with van der Waals surface area (Å²) in [6.45, 7) is 5.56. The molecule has 0 aliphatic carbocycles. The van der Waals surface area contributed by atoms with Crippen molar-refractivity contribution in [2.75, 3.05) is 0 Å². The Bertz CT molecular complexity index is 934. The molecule has 3 rings (SSSR count). The Morgan fingerprint density at radius 3 is 2.63 bits per heavy atom. The number of H-pyrrole nitrogens is 1. The van der Waals surface area contributed by atoms with Gasteiger partial charge in [0.15, 0.2) is 0 Å². The summed E-state index contributed by atoms with van der Waals surface area (Å²) in [5, 5.41) is 0.